The molecule has 0 aliphatic carbocycles. The third-order valence-electron chi connectivity index (χ3n) is 2.52. The van der Waals surface area contributed by atoms with Gasteiger partial charge in [0.1, 0.15) is 17.3 Å². The van der Waals surface area contributed by atoms with Crippen LogP contribution in [0.15, 0.2) is 18.2 Å². The van der Waals surface area contributed by atoms with Crippen molar-refractivity contribution in [2.45, 2.75) is 13.3 Å². The molecule has 1 aromatic carbocycles. The average molecular weight is 255 g/mol. The molecule has 0 amide bonds. The monoisotopic (exact) mass is 254 g/mol. The van der Waals surface area contributed by atoms with Crippen LogP contribution in [0, 0.1) is 5.82 Å². The third kappa shape index (κ3) is 1.93. The summed E-state index contributed by atoms with van der Waals surface area (Å²) in [5.41, 5.74) is 6.38. The van der Waals surface area contributed by atoms with Crippen LogP contribution >= 0.6 is 11.6 Å². The van der Waals surface area contributed by atoms with Crippen LogP contribution < -0.4 is 11.6 Å². The van der Waals surface area contributed by atoms with E-state index in [9.17, 15) is 4.39 Å². The molecule has 4 nitrogen and oxygen atoms in total. The van der Waals surface area contributed by atoms with Crippen LogP contribution in [0.2, 0.25) is 5.02 Å². The van der Waals surface area contributed by atoms with Crippen molar-refractivity contribution in [3.05, 3.63) is 34.9 Å². The highest BCUT2D eigenvalue weighted by Crippen LogP contribution is 2.29. The Balaban J connectivity index is 2.64. The van der Waals surface area contributed by atoms with Crippen LogP contribution in [0.25, 0.3) is 11.3 Å². The van der Waals surface area contributed by atoms with Gasteiger partial charge < -0.3 is 11.6 Å². The van der Waals surface area contributed by atoms with Gasteiger partial charge in [-0.1, -0.05) is 18.5 Å². The first-order valence-electron chi connectivity index (χ1n) is 5.12. The Kier molecular flexibility index (Phi) is 2.93. The zero-order valence-electron chi connectivity index (χ0n) is 9.24. The molecule has 2 rings (SSSR count). The van der Waals surface area contributed by atoms with Crippen molar-refractivity contribution in [2.24, 2.45) is 0 Å². The van der Waals surface area contributed by atoms with Gasteiger partial charge in [0.25, 0.3) is 0 Å². The minimum atomic E-state index is -0.429. The van der Waals surface area contributed by atoms with Gasteiger partial charge in [-0.2, -0.15) is 0 Å². The fourth-order valence-corrected chi connectivity index (χ4v) is 1.79. The highest BCUT2D eigenvalue weighted by molar-refractivity contribution is 6.30. The number of rotatable bonds is 2. The van der Waals surface area contributed by atoms with Crippen LogP contribution in [0.4, 0.5) is 10.2 Å². The molecule has 0 unspecified atom stereocenters. The molecule has 0 bridgehead atoms. The topological polar surface area (TPSA) is 69.9 Å². The molecule has 6 heteroatoms. The number of nitrogens with two attached hydrogens (primary N) is 2. The van der Waals surface area contributed by atoms with Crippen molar-refractivity contribution in [2.75, 3.05) is 11.6 Å². The summed E-state index contributed by atoms with van der Waals surface area (Å²) in [5, 5.41) is 0.422. The second kappa shape index (κ2) is 4.25. The first kappa shape index (κ1) is 11.7. The zero-order valence-corrected chi connectivity index (χ0v) is 10.0. The molecular weight excluding hydrogens is 243 g/mol. The van der Waals surface area contributed by atoms with Crippen LogP contribution in [-0.4, -0.2) is 9.66 Å². The molecule has 17 heavy (non-hydrogen) atoms. The molecule has 2 aromatic rings. The Hall–Kier alpha value is -1.75. The van der Waals surface area contributed by atoms with E-state index in [-0.39, 0.29) is 11.4 Å². The van der Waals surface area contributed by atoms with Crippen molar-refractivity contribution in [1.82, 2.24) is 9.66 Å². The summed E-state index contributed by atoms with van der Waals surface area (Å²) in [7, 11) is 0. The Morgan fingerprint density at radius 2 is 2.18 bits per heavy atom. The van der Waals surface area contributed by atoms with Gasteiger partial charge in [0, 0.05) is 17.0 Å². The SMILES string of the molecule is CCc1nc(-c2cc(Cl)ccc2F)c(N)n1N. The summed E-state index contributed by atoms with van der Waals surface area (Å²) in [6.07, 6.45) is 0.614. The number of nitrogens with zero attached hydrogens (tertiary/aromatic N) is 2. The molecule has 1 aromatic heterocycles. The Morgan fingerprint density at radius 3 is 2.76 bits per heavy atom. The van der Waals surface area contributed by atoms with Gasteiger partial charge in [0.15, 0.2) is 5.82 Å². The van der Waals surface area contributed by atoms with E-state index in [4.69, 9.17) is 23.2 Å². The van der Waals surface area contributed by atoms with Crippen molar-refractivity contribution in [3.63, 3.8) is 0 Å². The number of hydrogen-bond acceptors (Lipinski definition) is 3. The molecule has 0 fully saturated rings. The van der Waals surface area contributed by atoms with Crippen molar-refractivity contribution in [1.29, 1.82) is 0 Å². The summed E-state index contributed by atoms with van der Waals surface area (Å²) < 4.78 is 14.9. The number of hydrogen-bond donors (Lipinski definition) is 2. The number of nitrogen functional groups attached to an aromatic ring is 2. The molecule has 0 saturated carbocycles. The smallest absolute Gasteiger partial charge is 0.150 e. The van der Waals surface area contributed by atoms with Crippen LogP contribution in [0.5, 0.6) is 0 Å². The van der Waals surface area contributed by atoms with Crippen molar-refractivity contribution >= 4 is 17.4 Å². The van der Waals surface area contributed by atoms with Crippen molar-refractivity contribution in [3.8, 4) is 11.3 Å². The summed E-state index contributed by atoms with van der Waals surface area (Å²) in [6, 6.07) is 4.23. The minimum Gasteiger partial charge on any atom is -0.382 e. The maximum Gasteiger partial charge on any atom is 0.150 e. The van der Waals surface area contributed by atoms with Gasteiger partial charge in [-0.15, -0.1) is 0 Å². The van der Waals surface area contributed by atoms with Crippen LogP contribution in [0.1, 0.15) is 12.7 Å². The second-order valence-corrected chi connectivity index (χ2v) is 4.05. The van der Waals surface area contributed by atoms with Crippen molar-refractivity contribution < 1.29 is 4.39 Å². The maximum atomic E-state index is 13.7. The van der Waals surface area contributed by atoms with Crippen LogP contribution in [0.3, 0.4) is 0 Å². The quantitative estimate of drug-likeness (QED) is 0.807. The van der Waals surface area contributed by atoms with Gasteiger partial charge in [0.05, 0.1) is 0 Å². The number of imidazole rings is 1. The normalized spacial score (nSPS) is 10.8. The van der Waals surface area contributed by atoms with E-state index < -0.39 is 5.82 Å². The third-order valence-corrected chi connectivity index (χ3v) is 2.76. The van der Waals surface area contributed by atoms with E-state index in [0.717, 1.165) is 0 Å². The first-order valence-corrected chi connectivity index (χ1v) is 5.50. The minimum absolute atomic E-state index is 0.225. The van der Waals surface area contributed by atoms with Gasteiger partial charge in [-0.3, -0.25) is 0 Å². The fraction of sp³-hybridized carbons (Fsp3) is 0.182. The van der Waals surface area contributed by atoms with E-state index in [1.54, 1.807) is 0 Å². The van der Waals surface area contributed by atoms with E-state index in [1.807, 2.05) is 6.92 Å². The lowest BCUT2D eigenvalue weighted by atomic mass is 10.1. The molecule has 90 valence electrons. The largest absolute Gasteiger partial charge is 0.382 e. The Labute approximate surface area is 103 Å². The predicted octanol–water partition coefficient (Wildman–Crippen LogP) is 2.20. The standard InChI is InChI=1S/C11H12ClFN4/c1-2-9-16-10(11(14)17(9)15)7-5-6(12)3-4-8(7)13/h3-5H,2,14-15H2,1H3. The highest BCUT2D eigenvalue weighted by atomic mass is 35.5. The molecule has 0 atom stereocenters. The second-order valence-electron chi connectivity index (χ2n) is 3.61. The molecule has 0 saturated heterocycles. The van der Waals surface area contributed by atoms with E-state index in [1.165, 1.54) is 22.9 Å². The number of anilines is 1. The number of benzene rings is 1. The molecule has 0 spiro atoms. The van der Waals surface area contributed by atoms with E-state index >= 15 is 0 Å². The molecule has 0 aliphatic rings. The first-order chi connectivity index (χ1) is 8.04. The lowest BCUT2D eigenvalue weighted by Crippen LogP contribution is -2.14. The molecule has 4 N–H and O–H groups in total. The number of halogens is 2. The predicted molar refractivity (Wildman–Crippen MR) is 66.6 cm³/mol. The lowest BCUT2D eigenvalue weighted by Gasteiger charge is -2.02. The molecular formula is C11H12ClFN4. The maximum absolute atomic E-state index is 13.7. The molecule has 0 aliphatic heterocycles. The number of aryl methyl sites for hydroxylation is 1. The van der Waals surface area contributed by atoms with E-state index in [0.29, 0.717) is 23.0 Å². The zero-order chi connectivity index (χ0) is 12.6. The highest BCUT2D eigenvalue weighted by Gasteiger charge is 2.16. The summed E-state index contributed by atoms with van der Waals surface area (Å²) in [6.45, 7) is 1.89. The summed E-state index contributed by atoms with van der Waals surface area (Å²) in [5.74, 6) is 6.10. The average Bonchev–Trinajstić information content (AvgIpc) is 2.59. The van der Waals surface area contributed by atoms with Gasteiger partial charge in [-0.05, 0) is 18.2 Å². The summed E-state index contributed by atoms with van der Waals surface area (Å²) >= 11 is 5.83. The summed E-state index contributed by atoms with van der Waals surface area (Å²) in [4.78, 5) is 4.21. The fourth-order valence-electron chi connectivity index (χ4n) is 1.62. The van der Waals surface area contributed by atoms with Gasteiger partial charge >= 0.3 is 0 Å². The van der Waals surface area contributed by atoms with Crippen LogP contribution in [-0.2, 0) is 6.42 Å². The Bertz CT molecular complexity index is 565. The number of aromatic nitrogens is 2. The van der Waals surface area contributed by atoms with E-state index in [2.05, 4.69) is 4.98 Å². The molecule has 1 heterocycles. The van der Waals surface area contributed by atoms with Gasteiger partial charge in [0.2, 0.25) is 0 Å². The lowest BCUT2D eigenvalue weighted by molar-refractivity contribution is 0.631. The Morgan fingerprint density at radius 1 is 1.47 bits per heavy atom. The van der Waals surface area contributed by atoms with Gasteiger partial charge in [-0.25, -0.2) is 14.1 Å². The molecule has 0 radical (unpaired) electrons.